The molecule has 2 aromatic rings. The van der Waals surface area contributed by atoms with E-state index in [1.54, 1.807) is 45.0 Å². The SMILES string of the molecule is CC(=O)N(C(=O)OC(C)(C)C)c1cccc(C(=O)N2CCN(CCc3ccc(Cl)cc3)CC2)c1. The summed E-state index contributed by atoms with van der Waals surface area (Å²) in [7, 11) is 0. The summed E-state index contributed by atoms with van der Waals surface area (Å²) in [6.45, 7) is 10.2. The molecule has 0 radical (unpaired) electrons. The van der Waals surface area contributed by atoms with Crippen molar-refractivity contribution in [2.45, 2.75) is 39.7 Å². The number of benzene rings is 2. The van der Waals surface area contributed by atoms with E-state index < -0.39 is 17.6 Å². The van der Waals surface area contributed by atoms with Gasteiger partial charge in [0.15, 0.2) is 0 Å². The first kappa shape index (κ1) is 25.7. The fraction of sp³-hybridized carbons (Fsp3) is 0.423. The number of carbonyl (C=O) groups excluding carboxylic acids is 3. The highest BCUT2D eigenvalue weighted by Crippen LogP contribution is 2.21. The van der Waals surface area contributed by atoms with Gasteiger partial charge >= 0.3 is 6.09 Å². The predicted molar refractivity (Wildman–Crippen MR) is 133 cm³/mol. The molecule has 0 saturated carbocycles. The van der Waals surface area contributed by atoms with Crippen LogP contribution in [-0.4, -0.2) is 66.0 Å². The number of halogens is 1. The molecule has 0 N–H and O–H groups in total. The maximum atomic E-state index is 13.1. The first-order valence-corrected chi connectivity index (χ1v) is 11.8. The van der Waals surface area contributed by atoms with E-state index in [2.05, 4.69) is 4.90 Å². The van der Waals surface area contributed by atoms with Crippen molar-refractivity contribution in [1.82, 2.24) is 9.80 Å². The van der Waals surface area contributed by atoms with Gasteiger partial charge in [0.25, 0.3) is 5.91 Å². The number of ether oxygens (including phenoxy) is 1. The molecule has 0 spiro atoms. The van der Waals surface area contributed by atoms with Gasteiger partial charge in [-0.2, -0.15) is 0 Å². The number of rotatable bonds is 5. The van der Waals surface area contributed by atoms with Crippen molar-refractivity contribution < 1.29 is 19.1 Å². The molecule has 0 atom stereocenters. The zero-order chi connectivity index (χ0) is 24.9. The highest BCUT2D eigenvalue weighted by atomic mass is 35.5. The van der Waals surface area contributed by atoms with Gasteiger partial charge in [-0.15, -0.1) is 0 Å². The molecule has 0 aliphatic carbocycles. The van der Waals surface area contributed by atoms with Gasteiger partial charge < -0.3 is 9.64 Å². The Bertz CT molecular complexity index is 1030. The number of carbonyl (C=O) groups is 3. The van der Waals surface area contributed by atoms with Crippen molar-refractivity contribution in [3.8, 4) is 0 Å². The Labute approximate surface area is 206 Å². The van der Waals surface area contributed by atoms with Gasteiger partial charge in [0.2, 0.25) is 5.91 Å². The predicted octanol–water partition coefficient (Wildman–Crippen LogP) is 4.63. The van der Waals surface area contributed by atoms with Crippen LogP contribution in [0.15, 0.2) is 48.5 Å². The van der Waals surface area contributed by atoms with Crippen molar-refractivity contribution in [1.29, 1.82) is 0 Å². The molecular weight excluding hydrogens is 454 g/mol. The second-order valence-corrected chi connectivity index (χ2v) is 9.83. The molecule has 1 saturated heterocycles. The highest BCUT2D eigenvalue weighted by Gasteiger charge is 2.28. The Morgan fingerprint density at radius 3 is 2.24 bits per heavy atom. The van der Waals surface area contributed by atoms with E-state index >= 15 is 0 Å². The molecule has 0 aromatic heterocycles. The number of imide groups is 1. The average molecular weight is 486 g/mol. The van der Waals surface area contributed by atoms with Crippen LogP contribution in [0, 0.1) is 0 Å². The number of hydrogen-bond acceptors (Lipinski definition) is 5. The van der Waals surface area contributed by atoms with Crippen LogP contribution in [0.5, 0.6) is 0 Å². The van der Waals surface area contributed by atoms with Crippen LogP contribution in [0.1, 0.15) is 43.6 Å². The molecular formula is C26H32ClN3O4. The molecule has 3 rings (SSSR count). The third kappa shape index (κ3) is 7.05. The quantitative estimate of drug-likeness (QED) is 0.617. The summed E-state index contributed by atoms with van der Waals surface area (Å²) in [5, 5.41) is 0.734. The molecule has 34 heavy (non-hydrogen) atoms. The minimum Gasteiger partial charge on any atom is -0.443 e. The van der Waals surface area contributed by atoms with Crippen LogP contribution >= 0.6 is 11.6 Å². The second kappa shape index (κ2) is 11.0. The minimum absolute atomic E-state index is 0.119. The summed E-state index contributed by atoms with van der Waals surface area (Å²) in [5.41, 5.74) is 1.24. The van der Waals surface area contributed by atoms with E-state index in [4.69, 9.17) is 16.3 Å². The lowest BCUT2D eigenvalue weighted by molar-refractivity contribution is -0.116. The molecule has 0 unspecified atom stereocenters. The van der Waals surface area contributed by atoms with E-state index in [-0.39, 0.29) is 5.91 Å². The Morgan fingerprint density at radius 2 is 1.65 bits per heavy atom. The maximum absolute atomic E-state index is 13.1. The Balaban J connectivity index is 1.61. The van der Waals surface area contributed by atoms with Crippen LogP contribution in [0.2, 0.25) is 5.02 Å². The van der Waals surface area contributed by atoms with E-state index in [1.165, 1.54) is 12.5 Å². The normalized spacial score (nSPS) is 14.6. The third-order valence-corrected chi connectivity index (χ3v) is 5.78. The van der Waals surface area contributed by atoms with Crippen LogP contribution in [-0.2, 0) is 16.0 Å². The maximum Gasteiger partial charge on any atom is 0.421 e. The van der Waals surface area contributed by atoms with E-state index in [9.17, 15) is 14.4 Å². The number of anilines is 1. The van der Waals surface area contributed by atoms with Gasteiger partial charge in [0.1, 0.15) is 5.60 Å². The molecule has 1 heterocycles. The van der Waals surface area contributed by atoms with E-state index in [1.807, 2.05) is 29.2 Å². The lowest BCUT2D eigenvalue weighted by atomic mass is 10.1. The fourth-order valence-corrected chi connectivity index (χ4v) is 3.92. The molecule has 182 valence electrons. The molecule has 1 aliphatic heterocycles. The lowest BCUT2D eigenvalue weighted by Crippen LogP contribution is -2.49. The molecule has 1 aliphatic rings. The van der Waals surface area contributed by atoms with Crippen molar-refractivity contribution in [3.05, 3.63) is 64.7 Å². The Morgan fingerprint density at radius 1 is 1.00 bits per heavy atom. The smallest absolute Gasteiger partial charge is 0.421 e. The fourth-order valence-electron chi connectivity index (χ4n) is 3.80. The minimum atomic E-state index is -0.765. The summed E-state index contributed by atoms with van der Waals surface area (Å²) in [6, 6.07) is 14.4. The van der Waals surface area contributed by atoms with E-state index in [0.717, 1.165) is 36.0 Å². The van der Waals surface area contributed by atoms with Gasteiger partial charge in [-0.05, 0) is 63.1 Å². The summed E-state index contributed by atoms with van der Waals surface area (Å²) >= 11 is 5.95. The number of piperazine rings is 1. The number of hydrogen-bond donors (Lipinski definition) is 0. The van der Waals surface area contributed by atoms with Crippen molar-refractivity contribution >= 4 is 35.2 Å². The molecule has 7 nitrogen and oxygen atoms in total. The van der Waals surface area contributed by atoms with Crippen LogP contribution in [0.4, 0.5) is 10.5 Å². The number of nitrogens with zero attached hydrogens (tertiary/aromatic N) is 3. The standard InChI is InChI=1S/C26H32ClN3O4/c1-19(31)30(25(33)34-26(2,3)4)23-7-5-6-21(18-23)24(32)29-16-14-28(15-17-29)13-12-20-8-10-22(27)11-9-20/h5-11,18H,12-17H2,1-4H3. The van der Waals surface area contributed by atoms with Gasteiger partial charge in [0.05, 0.1) is 5.69 Å². The molecule has 1 fully saturated rings. The first-order chi connectivity index (χ1) is 16.0. The van der Waals surface area contributed by atoms with Crippen LogP contribution in [0.25, 0.3) is 0 Å². The van der Waals surface area contributed by atoms with Gasteiger partial charge in [-0.25, -0.2) is 9.69 Å². The average Bonchev–Trinajstić information content (AvgIpc) is 2.77. The lowest BCUT2D eigenvalue weighted by Gasteiger charge is -2.35. The summed E-state index contributed by atoms with van der Waals surface area (Å²) < 4.78 is 5.36. The van der Waals surface area contributed by atoms with Gasteiger partial charge in [-0.1, -0.05) is 29.8 Å². The first-order valence-electron chi connectivity index (χ1n) is 11.4. The Hall–Kier alpha value is -2.90. The Kier molecular flexibility index (Phi) is 8.33. The van der Waals surface area contributed by atoms with Crippen LogP contribution in [0.3, 0.4) is 0 Å². The largest absolute Gasteiger partial charge is 0.443 e. The van der Waals surface area contributed by atoms with Gasteiger partial charge in [-0.3, -0.25) is 14.5 Å². The molecule has 2 aromatic carbocycles. The van der Waals surface area contributed by atoms with Crippen molar-refractivity contribution in [2.75, 3.05) is 37.6 Å². The van der Waals surface area contributed by atoms with Crippen molar-refractivity contribution in [2.24, 2.45) is 0 Å². The van der Waals surface area contributed by atoms with Crippen molar-refractivity contribution in [3.63, 3.8) is 0 Å². The van der Waals surface area contributed by atoms with Gasteiger partial charge in [0, 0.05) is 50.2 Å². The topological polar surface area (TPSA) is 70.2 Å². The second-order valence-electron chi connectivity index (χ2n) is 9.40. The monoisotopic (exact) mass is 485 g/mol. The number of amides is 3. The molecule has 3 amide bonds. The van der Waals surface area contributed by atoms with E-state index in [0.29, 0.717) is 24.3 Å². The zero-order valence-electron chi connectivity index (χ0n) is 20.2. The third-order valence-electron chi connectivity index (χ3n) is 5.53. The van der Waals surface area contributed by atoms with Crippen LogP contribution < -0.4 is 4.90 Å². The summed E-state index contributed by atoms with van der Waals surface area (Å²) in [5.74, 6) is -0.597. The summed E-state index contributed by atoms with van der Waals surface area (Å²) in [4.78, 5) is 43.0. The molecule has 0 bridgehead atoms. The highest BCUT2D eigenvalue weighted by molar-refractivity contribution is 6.30. The summed E-state index contributed by atoms with van der Waals surface area (Å²) in [6.07, 6.45) is 0.164. The molecule has 8 heteroatoms. The zero-order valence-corrected chi connectivity index (χ0v) is 21.0.